The van der Waals surface area contributed by atoms with Crippen LogP contribution in [0.1, 0.15) is 26.7 Å². The Hall–Kier alpha value is -0.890. The number of aliphatic hydroxyl groups is 2. The Kier molecular flexibility index (Phi) is 11.6. The molecule has 0 aromatic carbocycles. The second-order valence-electron chi connectivity index (χ2n) is 3.84. The van der Waals surface area contributed by atoms with E-state index in [2.05, 4.69) is 10.1 Å². The first-order valence-corrected chi connectivity index (χ1v) is 6.56. The molecule has 0 saturated carbocycles. The van der Waals surface area contributed by atoms with Crippen molar-refractivity contribution in [3.63, 3.8) is 0 Å². The van der Waals surface area contributed by atoms with Crippen molar-refractivity contribution < 1.29 is 29.2 Å². The largest absolute Gasteiger partial charge is 0.447 e. The quantitative estimate of drug-likeness (QED) is 0.370. The van der Waals surface area contributed by atoms with Crippen LogP contribution in [-0.2, 0) is 14.2 Å². The summed E-state index contributed by atoms with van der Waals surface area (Å²) < 4.78 is 15.4. The summed E-state index contributed by atoms with van der Waals surface area (Å²) in [5, 5.41) is 20.1. The Morgan fingerprint density at radius 2 is 1.89 bits per heavy atom. The minimum atomic E-state index is -1.04. The van der Waals surface area contributed by atoms with Gasteiger partial charge in [-0.1, -0.05) is 0 Å². The molecule has 3 N–H and O–H groups in total. The molecule has 1 amide bonds. The Morgan fingerprint density at radius 3 is 2.42 bits per heavy atom. The summed E-state index contributed by atoms with van der Waals surface area (Å²) in [6, 6.07) is 0. The normalized spacial score (nSPS) is 12.5. The molecule has 0 aromatic heterocycles. The van der Waals surface area contributed by atoms with Crippen LogP contribution in [0.25, 0.3) is 0 Å². The third-order valence-electron chi connectivity index (χ3n) is 2.21. The summed E-state index contributed by atoms with van der Waals surface area (Å²) in [4.78, 5) is 11.2. The lowest BCUT2D eigenvalue weighted by molar-refractivity contribution is -0.139. The third-order valence-corrected chi connectivity index (χ3v) is 2.21. The van der Waals surface area contributed by atoms with E-state index in [1.54, 1.807) is 0 Å². The molecular weight excluding hydrogens is 254 g/mol. The van der Waals surface area contributed by atoms with Gasteiger partial charge in [0.05, 0.1) is 6.61 Å². The molecular formula is C12H25NO6. The predicted octanol–water partition coefficient (Wildman–Crippen LogP) is 0.245. The Balaban J connectivity index is 3.57. The summed E-state index contributed by atoms with van der Waals surface area (Å²) in [7, 11) is 0. The smallest absolute Gasteiger partial charge is 0.407 e. The van der Waals surface area contributed by atoms with E-state index in [0.717, 1.165) is 0 Å². The summed E-state index contributed by atoms with van der Waals surface area (Å²) in [5.74, 6) is 0. The van der Waals surface area contributed by atoms with E-state index in [0.29, 0.717) is 32.6 Å². The fourth-order valence-electron chi connectivity index (χ4n) is 1.32. The van der Waals surface area contributed by atoms with Crippen molar-refractivity contribution in [2.24, 2.45) is 0 Å². The Labute approximate surface area is 113 Å². The first kappa shape index (κ1) is 18.1. The van der Waals surface area contributed by atoms with Gasteiger partial charge in [0.2, 0.25) is 0 Å². The van der Waals surface area contributed by atoms with Crippen molar-refractivity contribution >= 4 is 6.09 Å². The van der Waals surface area contributed by atoms with Gasteiger partial charge in [0.25, 0.3) is 0 Å². The summed E-state index contributed by atoms with van der Waals surface area (Å²) >= 11 is 0. The van der Waals surface area contributed by atoms with Gasteiger partial charge in [0.15, 0.2) is 6.29 Å². The number of rotatable bonds is 11. The zero-order valence-electron chi connectivity index (χ0n) is 11.6. The fraction of sp³-hybridized carbons (Fsp3) is 0.917. The molecule has 0 bridgehead atoms. The van der Waals surface area contributed by atoms with Gasteiger partial charge in [0.1, 0.15) is 12.7 Å². The van der Waals surface area contributed by atoms with Gasteiger partial charge in [-0.2, -0.15) is 0 Å². The number of hydrogen-bond acceptors (Lipinski definition) is 6. The molecule has 0 saturated heterocycles. The number of aliphatic hydroxyl groups excluding tert-OH is 2. The molecule has 0 rings (SSSR count). The molecule has 0 fully saturated rings. The van der Waals surface area contributed by atoms with Gasteiger partial charge in [-0.25, -0.2) is 4.79 Å². The Bertz CT molecular complexity index is 220. The van der Waals surface area contributed by atoms with E-state index in [-0.39, 0.29) is 12.9 Å². The fourth-order valence-corrected chi connectivity index (χ4v) is 1.32. The average Bonchev–Trinajstić information content (AvgIpc) is 2.41. The minimum absolute atomic E-state index is 0.219. The molecule has 0 radical (unpaired) electrons. The second-order valence-corrected chi connectivity index (χ2v) is 3.84. The first-order chi connectivity index (χ1) is 9.13. The molecule has 0 aliphatic rings. The van der Waals surface area contributed by atoms with Gasteiger partial charge >= 0.3 is 6.09 Å². The topological polar surface area (TPSA) is 97.3 Å². The van der Waals surface area contributed by atoms with Gasteiger partial charge in [-0.3, -0.25) is 0 Å². The van der Waals surface area contributed by atoms with Crippen LogP contribution >= 0.6 is 0 Å². The van der Waals surface area contributed by atoms with Crippen molar-refractivity contribution in [1.82, 2.24) is 5.32 Å². The maximum Gasteiger partial charge on any atom is 0.407 e. The van der Waals surface area contributed by atoms with Crippen LogP contribution in [0.5, 0.6) is 0 Å². The minimum Gasteiger partial charge on any atom is -0.447 e. The van der Waals surface area contributed by atoms with Crippen LogP contribution in [0.3, 0.4) is 0 Å². The zero-order chi connectivity index (χ0) is 14.5. The molecule has 19 heavy (non-hydrogen) atoms. The lowest BCUT2D eigenvalue weighted by Crippen LogP contribution is -2.30. The summed E-state index contributed by atoms with van der Waals surface area (Å²) in [6.07, 6.45) is -0.518. The highest BCUT2D eigenvalue weighted by Gasteiger charge is 2.09. The van der Waals surface area contributed by atoms with E-state index >= 15 is 0 Å². The average molecular weight is 279 g/mol. The van der Waals surface area contributed by atoms with Gasteiger partial charge in [-0.15, -0.1) is 0 Å². The number of carbonyl (C=O) groups is 1. The van der Waals surface area contributed by atoms with E-state index < -0.39 is 18.8 Å². The number of ether oxygens (including phenoxy) is 3. The number of hydrogen-bond donors (Lipinski definition) is 3. The SMILES string of the molecule is CCOC(CCCNC(=O)OCC(O)CO)OCC. The van der Waals surface area contributed by atoms with E-state index in [9.17, 15) is 4.79 Å². The maximum absolute atomic E-state index is 11.2. The number of carbonyl (C=O) groups excluding carboxylic acids is 1. The van der Waals surface area contributed by atoms with Crippen molar-refractivity contribution in [2.75, 3.05) is 33.0 Å². The zero-order valence-corrected chi connectivity index (χ0v) is 11.6. The molecule has 0 spiro atoms. The number of amides is 1. The van der Waals surface area contributed by atoms with Crippen LogP contribution in [0.15, 0.2) is 0 Å². The maximum atomic E-state index is 11.2. The highest BCUT2D eigenvalue weighted by Crippen LogP contribution is 2.03. The van der Waals surface area contributed by atoms with Crippen LogP contribution in [0.4, 0.5) is 4.79 Å². The molecule has 7 nitrogen and oxygen atoms in total. The van der Waals surface area contributed by atoms with Crippen LogP contribution in [-0.4, -0.2) is 61.7 Å². The van der Waals surface area contributed by atoms with Crippen molar-refractivity contribution in [2.45, 2.75) is 39.1 Å². The van der Waals surface area contributed by atoms with Gasteiger partial charge in [-0.05, 0) is 20.3 Å². The third kappa shape index (κ3) is 10.7. The number of alkyl carbamates (subject to hydrolysis) is 1. The molecule has 0 aliphatic heterocycles. The van der Waals surface area contributed by atoms with Crippen LogP contribution in [0.2, 0.25) is 0 Å². The Morgan fingerprint density at radius 1 is 1.26 bits per heavy atom. The molecule has 114 valence electrons. The summed E-state index contributed by atoms with van der Waals surface area (Å²) in [5.41, 5.74) is 0. The van der Waals surface area contributed by atoms with E-state index in [4.69, 9.17) is 19.7 Å². The number of nitrogens with one attached hydrogen (secondary N) is 1. The van der Waals surface area contributed by atoms with Crippen molar-refractivity contribution in [3.05, 3.63) is 0 Å². The van der Waals surface area contributed by atoms with Gasteiger partial charge < -0.3 is 29.7 Å². The van der Waals surface area contributed by atoms with Gasteiger partial charge in [0, 0.05) is 26.2 Å². The second kappa shape index (κ2) is 12.2. The summed E-state index contributed by atoms with van der Waals surface area (Å²) in [6.45, 7) is 4.74. The standard InChI is InChI=1S/C12H25NO6/c1-3-17-11(18-4-2)6-5-7-13-12(16)19-9-10(15)8-14/h10-11,14-15H,3-9H2,1-2H3,(H,13,16). The lowest BCUT2D eigenvalue weighted by atomic mass is 10.3. The van der Waals surface area contributed by atoms with Crippen LogP contribution in [0, 0.1) is 0 Å². The molecule has 0 aliphatic carbocycles. The van der Waals surface area contributed by atoms with Crippen LogP contribution < -0.4 is 5.32 Å². The molecule has 1 unspecified atom stereocenters. The lowest BCUT2D eigenvalue weighted by Gasteiger charge is -2.16. The van der Waals surface area contributed by atoms with E-state index in [1.165, 1.54) is 0 Å². The van der Waals surface area contributed by atoms with Crippen molar-refractivity contribution in [1.29, 1.82) is 0 Å². The molecule has 1 atom stereocenters. The molecule has 0 aromatic rings. The molecule has 0 heterocycles. The first-order valence-electron chi connectivity index (χ1n) is 6.56. The molecule has 7 heteroatoms. The van der Waals surface area contributed by atoms with E-state index in [1.807, 2.05) is 13.8 Å². The monoisotopic (exact) mass is 279 g/mol. The highest BCUT2D eigenvalue weighted by atomic mass is 16.7. The van der Waals surface area contributed by atoms with Crippen molar-refractivity contribution in [3.8, 4) is 0 Å². The highest BCUT2D eigenvalue weighted by molar-refractivity contribution is 5.67. The predicted molar refractivity (Wildman–Crippen MR) is 68.7 cm³/mol.